The van der Waals surface area contributed by atoms with Gasteiger partial charge < -0.3 is 20.1 Å². The third-order valence-electron chi connectivity index (χ3n) is 5.91. The van der Waals surface area contributed by atoms with Crippen molar-refractivity contribution in [1.82, 2.24) is 29.9 Å². The zero-order valence-corrected chi connectivity index (χ0v) is 17.4. The number of rotatable bonds is 4. The average molecular weight is 430 g/mol. The Morgan fingerprint density at radius 2 is 1.72 bits per heavy atom. The first kappa shape index (κ1) is 18.8. The van der Waals surface area contributed by atoms with Gasteiger partial charge in [0, 0.05) is 32.7 Å². The summed E-state index contributed by atoms with van der Waals surface area (Å²) in [7, 11) is 0. The van der Waals surface area contributed by atoms with E-state index in [0.717, 1.165) is 61.1 Å². The van der Waals surface area contributed by atoms with Crippen LogP contribution in [0.3, 0.4) is 0 Å². The van der Waals surface area contributed by atoms with Crippen LogP contribution in [0, 0.1) is 0 Å². The third-order valence-corrected chi connectivity index (χ3v) is 5.91. The quantitative estimate of drug-likeness (QED) is 0.519. The first-order chi connectivity index (χ1) is 15.8. The molecule has 4 aromatic rings. The predicted molar refractivity (Wildman–Crippen MR) is 119 cm³/mol. The molecule has 0 radical (unpaired) electrons. The Morgan fingerprint density at radius 3 is 2.62 bits per heavy atom. The number of hydrogen-bond donors (Lipinski definition) is 1. The number of hydrogen-bond acceptors (Lipinski definition) is 9. The highest BCUT2D eigenvalue weighted by Gasteiger charge is 2.23. The molecule has 2 aliphatic rings. The Bertz CT molecular complexity index is 1280. The van der Waals surface area contributed by atoms with Gasteiger partial charge in [-0.2, -0.15) is 4.68 Å². The molecule has 0 bridgehead atoms. The molecule has 2 aliphatic heterocycles. The van der Waals surface area contributed by atoms with Crippen molar-refractivity contribution in [3.8, 4) is 17.3 Å². The largest absolute Gasteiger partial charge is 0.454 e. The second kappa shape index (κ2) is 7.65. The number of aromatic nitrogens is 5. The van der Waals surface area contributed by atoms with Crippen molar-refractivity contribution in [2.45, 2.75) is 6.54 Å². The summed E-state index contributed by atoms with van der Waals surface area (Å²) in [6, 6.07) is 13.9. The van der Waals surface area contributed by atoms with E-state index in [1.54, 1.807) is 4.68 Å². The smallest absolute Gasteiger partial charge is 0.231 e. The molecule has 162 valence electrons. The van der Waals surface area contributed by atoms with Crippen LogP contribution in [0.1, 0.15) is 5.56 Å². The van der Waals surface area contributed by atoms with Gasteiger partial charge in [-0.15, -0.1) is 5.10 Å². The maximum absolute atomic E-state index is 6.51. The molecule has 6 rings (SSSR count). The highest BCUT2D eigenvalue weighted by Crippen LogP contribution is 2.33. The topological polar surface area (TPSA) is 107 Å². The standard InChI is InChI=1S/C22H22N8O2/c23-20-21(24-13-25-22(20)30-17-4-2-1-3-16(17)26-27-30)29-9-7-28(8-10-29)12-15-5-6-18-19(11-15)32-14-31-18/h1-6,11,13H,7-10,12,14,23H2. The van der Waals surface area contributed by atoms with Gasteiger partial charge in [0.2, 0.25) is 6.79 Å². The highest BCUT2D eigenvalue weighted by molar-refractivity contribution is 5.79. The molecule has 1 saturated heterocycles. The van der Waals surface area contributed by atoms with E-state index in [2.05, 4.69) is 42.2 Å². The van der Waals surface area contributed by atoms with Gasteiger partial charge in [0.25, 0.3) is 0 Å². The van der Waals surface area contributed by atoms with E-state index < -0.39 is 0 Å². The van der Waals surface area contributed by atoms with Crippen molar-refractivity contribution in [1.29, 1.82) is 0 Å². The lowest BCUT2D eigenvalue weighted by atomic mass is 10.1. The van der Waals surface area contributed by atoms with Crippen molar-refractivity contribution in [3.63, 3.8) is 0 Å². The van der Waals surface area contributed by atoms with E-state index in [-0.39, 0.29) is 0 Å². The average Bonchev–Trinajstić information content (AvgIpc) is 3.47. The zero-order chi connectivity index (χ0) is 21.5. The third kappa shape index (κ3) is 3.25. The normalized spacial score (nSPS) is 16.1. The summed E-state index contributed by atoms with van der Waals surface area (Å²) >= 11 is 0. The van der Waals surface area contributed by atoms with Crippen LogP contribution < -0.4 is 20.1 Å². The second-order valence-electron chi connectivity index (χ2n) is 7.88. The molecule has 2 aromatic carbocycles. The van der Waals surface area contributed by atoms with Crippen molar-refractivity contribution in [2.24, 2.45) is 0 Å². The van der Waals surface area contributed by atoms with Gasteiger partial charge >= 0.3 is 0 Å². The van der Waals surface area contributed by atoms with Crippen LogP contribution in [0.2, 0.25) is 0 Å². The molecule has 10 heteroatoms. The minimum absolute atomic E-state index is 0.296. The van der Waals surface area contributed by atoms with Gasteiger partial charge in [0.05, 0.1) is 5.52 Å². The van der Waals surface area contributed by atoms with E-state index in [4.69, 9.17) is 15.2 Å². The molecule has 10 nitrogen and oxygen atoms in total. The van der Waals surface area contributed by atoms with E-state index >= 15 is 0 Å². The van der Waals surface area contributed by atoms with Gasteiger partial charge in [-0.1, -0.05) is 23.4 Å². The number of anilines is 2. The van der Waals surface area contributed by atoms with E-state index in [1.807, 2.05) is 30.3 Å². The summed E-state index contributed by atoms with van der Waals surface area (Å²) in [6.07, 6.45) is 1.54. The van der Waals surface area contributed by atoms with Gasteiger partial charge in [0.1, 0.15) is 17.5 Å². The fourth-order valence-electron chi connectivity index (χ4n) is 4.24. The van der Waals surface area contributed by atoms with Crippen LogP contribution in [0.4, 0.5) is 11.5 Å². The summed E-state index contributed by atoms with van der Waals surface area (Å²) in [4.78, 5) is 13.5. The van der Waals surface area contributed by atoms with Gasteiger partial charge in [-0.05, 0) is 29.8 Å². The molecule has 0 atom stereocenters. The van der Waals surface area contributed by atoms with E-state index in [0.29, 0.717) is 18.3 Å². The van der Waals surface area contributed by atoms with Gasteiger partial charge in [0.15, 0.2) is 23.1 Å². The molecular weight excluding hydrogens is 408 g/mol. The maximum Gasteiger partial charge on any atom is 0.231 e. The van der Waals surface area contributed by atoms with Crippen LogP contribution >= 0.6 is 0 Å². The lowest BCUT2D eigenvalue weighted by molar-refractivity contribution is 0.174. The van der Waals surface area contributed by atoms with Crippen molar-refractivity contribution < 1.29 is 9.47 Å². The number of nitrogens with two attached hydrogens (primary N) is 1. The molecule has 0 saturated carbocycles. The van der Waals surface area contributed by atoms with Crippen molar-refractivity contribution in [3.05, 3.63) is 54.4 Å². The Kier molecular flexibility index (Phi) is 4.50. The summed E-state index contributed by atoms with van der Waals surface area (Å²) in [5.41, 5.74) is 9.89. The monoisotopic (exact) mass is 430 g/mol. The molecule has 4 heterocycles. The molecule has 0 aliphatic carbocycles. The lowest BCUT2D eigenvalue weighted by Gasteiger charge is -2.35. The number of piperazine rings is 1. The molecular formula is C22H22N8O2. The van der Waals surface area contributed by atoms with E-state index in [9.17, 15) is 0 Å². The Morgan fingerprint density at radius 1 is 0.906 bits per heavy atom. The number of nitrogens with zero attached hydrogens (tertiary/aromatic N) is 7. The summed E-state index contributed by atoms with van der Waals surface area (Å²) in [5.74, 6) is 2.92. The molecule has 32 heavy (non-hydrogen) atoms. The Labute approximate surface area is 184 Å². The van der Waals surface area contributed by atoms with Crippen LogP contribution in [0.25, 0.3) is 16.9 Å². The second-order valence-corrected chi connectivity index (χ2v) is 7.88. The van der Waals surface area contributed by atoms with Crippen molar-refractivity contribution >= 4 is 22.5 Å². The van der Waals surface area contributed by atoms with Crippen LogP contribution in [0.5, 0.6) is 11.5 Å². The number of ether oxygens (including phenoxy) is 2. The first-order valence-corrected chi connectivity index (χ1v) is 10.5. The van der Waals surface area contributed by atoms with Crippen LogP contribution in [-0.2, 0) is 6.54 Å². The van der Waals surface area contributed by atoms with E-state index in [1.165, 1.54) is 11.9 Å². The Balaban J connectivity index is 1.18. The number of fused-ring (bicyclic) bond motifs is 2. The minimum atomic E-state index is 0.296. The minimum Gasteiger partial charge on any atom is -0.454 e. The fraction of sp³-hybridized carbons (Fsp3) is 0.273. The number of para-hydroxylation sites is 1. The number of nitrogen functional groups attached to an aromatic ring is 1. The highest BCUT2D eigenvalue weighted by atomic mass is 16.7. The van der Waals surface area contributed by atoms with Crippen molar-refractivity contribution in [2.75, 3.05) is 43.6 Å². The molecule has 0 amide bonds. The molecule has 0 unspecified atom stereocenters. The summed E-state index contributed by atoms with van der Waals surface area (Å²) < 4.78 is 12.6. The molecule has 2 aromatic heterocycles. The number of benzene rings is 2. The molecule has 2 N–H and O–H groups in total. The van der Waals surface area contributed by atoms with Crippen LogP contribution in [-0.4, -0.2) is 62.8 Å². The van der Waals surface area contributed by atoms with Gasteiger partial charge in [-0.3, -0.25) is 4.90 Å². The SMILES string of the molecule is Nc1c(N2CCN(Cc3ccc4c(c3)OCO4)CC2)ncnc1-n1nnc2ccccc21. The van der Waals surface area contributed by atoms with Crippen LogP contribution in [0.15, 0.2) is 48.8 Å². The lowest BCUT2D eigenvalue weighted by Crippen LogP contribution is -2.46. The first-order valence-electron chi connectivity index (χ1n) is 10.5. The predicted octanol–water partition coefficient (Wildman–Crippen LogP) is 1.84. The summed E-state index contributed by atoms with van der Waals surface area (Å²) in [5, 5.41) is 8.46. The van der Waals surface area contributed by atoms with Gasteiger partial charge in [-0.25, -0.2) is 9.97 Å². The fourth-order valence-corrected chi connectivity index (χ4v) is 4.24. The molecule has 0 spiro atoms. The molecule has 1 fully saturated rings. The maximum atomic E-state index is 6.51. The zero-order valence-electron chi connectivity index (χ0n) is 17.4. The Hall–Kier alpha value is -3.92. The summed E-state index contributed by atoms with van der Waals surface area (Å²) in [6.45, 7) is 4.61.